The first-order valence-corrected chi connectivity index (χ1v) is 2.82. The van der Waals surface area contributed by atoms with Crippen LogP contribution in [0.5, 0.6) is 0 Å². The van der Waals surface area contributed by atoms with Gasteiger partial charge in [-0.3, -0.25) is 0 Å². The van der Waals surface area contributed by atoms with Crippen molar-refractivity contribution in [3.63, 3.8) is 0 Å². The average Bonchev–Trinajstić information content (AvgIpc) is 1.90. The maximum atomic E-state index is 8.94. The number of hydrogen-bond donors (Lipinski definition) is 1. The summed E-state index contributed by atoms with van der Waals surface area (Å²) < 4.78 is 0. The Labute approximate surface area is 54.2 Å². The summed E-state index contributed by atoms with van der Waals surface area (Å²) in [5.41, 5.74) is 0.664. The highest BCUT2D eigenvalue weighted by molar-refractivity contribution is 5.04. The Balaban J connectivity index is 2.85. The van der Waals surface area contributed by atoms with Crippen molar-refractivity contribution in [2.75, 3.05) is 0 Å². The van der Waals surface area contributed by atoms with E-state index in [1.165, 1.54) is 0 Å². The number of aliphatic hydroxyl groups excluding tert-OH is 1. The first kappa shape index (κ1) is 6.23. The number of aromatic nitrogens is 1. The van der Waals surface area contributed by atoms with E-state index < -0.39 is 6.10 Å². The minimum Gasteiger partial charge on any atom is -0.387 e. The van der Waals surface area contributed by atoms with Crippen LogP contribution >= 0.6 is 0 Å². The maximum Gasteiger partial charge on any atom is 0.0932 e. The van der Waals surface area contributed by atoms with Gasteiger partial charge in [0, 0.05) is 0 Å². The van der Waals surface area contributed by atoms with Crippen LogP contribution < -0.4 is 0 Å². The molecule has 47 valence electrons. The van der Waals surface area contributed by atoms with E-state index in [0.717, 1.165) is 0 Å². The smallest absolute Gasteiger partial charge is 0.0932 e. The van der Waals surface area contributed by atoms with Gasteiger partial charge in [-0.1, -0.05) is 6.07 Å². The summed E-state index contributed by atoms with van der Waals surface area (Å²) in [6, 6.07) is 5.27. The number of aliphatic hydroxyl groups is 1. The quantitative estimate of drug-likeness (QED) is 0.601. The minimum absolute atomic E-state index is 0.484. The Kier molecular flexibility index (Phi) is 1.80. The Morgan fingerprint density at radius 1 is 1.78 bits per heavy atom. The third-order valence-electron chi connectivity index (χ3n) is 1.06. The van der Waals surface area contributed by atoms with Crippen LogP contribution in [0.4, 0.5) is 0 Å². The third kappa shape index (κ3) is 1.50. The average molecular weight is 122 g/mol. The molecule has 0 aromatic carbocycles. The Morgan fingerprint density at radius 2 is 2.56 bits per heavy atom. The molecule has 0 fully saturated rings. The Hall–Kier alpha value is -0.890. The highest BCUT2D eigenvalue weighted by Crippen LogP contribution is 2.04. The van der Waals surface area contributed by atoms with Crippen molar-refractivity contribution in [3.8, 4) is 0 Å². The van der Waals surface area contributed by atoms with Crippen molar-refractivity contribution in [3.05, 3.63) is 30.1 Å². The van der Waals surface area contributed by atoms with Gasteiger partial charge in [-0.2, -0.15) is 0 Å². The second kappa shape index (κ2) is 2.60. The molecule has 1 unspecified atom stereocenters. The van der Waals surface area contributed by atoms with Crippen LogP contribution in [0.25, 0.3) is 0 Å². The van der Waals surface area contributed by atoms with E-state index in [4.69, 9.17) is 5.11 Å². The van der Waals surface area contributed by atoms with Crippen LogP contribution in [0.2, 0.25) is 0 Å². The molecule has 1 N–H and O–H groups in total. The van der Waals surface area contributed by atoms with Crippen molar-refractivity contribution in [1.82, 2.24) is 4.98 Å². The van der Waals surface area contributed by atoms with E-state index in [1.54, 1.807) is 25.1 Å². The second-order valence-electron chi connectivity index (χ2n) is 1.87. The zero-order valence-corrected chi connectivity index (χ0v) is 5.20. The fourth-order valence-corrected chi connectivity index (χ4v) is 0.571. The lowest BCUT2D eigenvalue weighted by Gasteiger charge is -1.99. The van der Waals surface area contributed by atoms with Gasteiger partial charge in [0.05, 0.1) is 18.0 Å². The molecule has 0 aliphatic heterocycles. The Bertz CT molecular complexity index is 172. The lowest BCUT2D eigenvalue weighted by molar-refractivity contribution is 0.194. The molecule has 1 heterocycles. The highest BCUT2D eigenvalue weighted by Gasteiger charge is 1.97. The Morgan fingerprint density at radius 3 is 2.89 bits per heavy atom. The SMILES string of the molecule is CC(O)c1ccc[c]n1. The molecule has 2 nitrogen and oxygen atoms in total. The molecule has 1 aromatic rings. The van der Waals surface area contributed by atoms with E-state index in [1.807, 2.05) is 0 Å². The number of rotatable bonds is 1. The predicted molar refractivity (Wildman–Crippen MR) is 33.7 cm³/mol. The fraction of sp³-hybridized carbons (Fsp3) is 0.286. The summed E-state index contributed by atoms with van der Waals surface area (Å²) in [5.74, 6) is 0. The molecule has 0 saturated heterocycles. The zero-order valence-electron chi connectivity index (χ0n) is 5.20. The van der Waals surface area contributed by atoms with Crippen molar-refractivity contribution < 1.29 is 5.11 Å². The number of nitrogens with zero attached hydrogens (tertiary/aromatic N) is 1. The number of pyridine rings is 1. The van der Waals surface area contributed by atoms with E-state index >= 15 is 0 Å². The van der Waals surface area contributed by atoms with Crippen LogP contribution in [0.15, 0.2) is 18.2 Å². The van der Waals surface area contributed by atoms with Gasteiger partial charge in [0.15, 0.2) is 0 Å². The lowest BCUT2D eigenvalue weighted by atomic mass is 10.2. The summed E-state index contributed by atoms with van der Waals surface area (Å²) in [6.07, 6.45) is 2.15. The summed E-state index contributed by atoms with van der Waals surface area (Å²) in [7, 11) is 0. The standard InChI is InChI=1S/C7H8NO/c1-6(9)7-4-2-3-5-8-7/h2-4,6,9H,1H3. The van der Waals surface area contributed by atoms with E-state index in [2.05, 4.69) is 11.2 Å². The predicted octanol–water partition coefficient (Wildman–Crippen LogP) is 0.935. The molecule has 1 radical (unpaired) electrons. The van der Waals surface area contributed by atoms with E-state index in [9.17, 15) is 0 Å². The number of hydrogen-bond acceptors (Lipinski definition) is 2. The first-order valence-electron chi connectivity index (χ1n) is 2.82. The van der Waals surface area contributed by atoms with Crippen LogP contribution in [0.1, 0.15) is 18.7 Å². The van der Waals surface area contributed by atoms with Crippen molar-refractivity contribution in [1.29, 1.82) is 0 Å². The van der Waals surface area contributed by atoms with Crippen LogP contribution in [-0.2, 0) is 0 Å². The normalized spacial score (nSPS) is 13.1. The van der Waals surface area contributed by atoms with E-state index in [0.29, 0.717) is 5.69 Å². The van der Waals surface area contributed by atoms with Gasteiger partial charge in [-0.25, -0.2) is 4.98 Å². The summed E-state index contributed by atoms with van der Waals surface area (Å²) in [4.78, 5) is 3.80. The van der Waals surface area contributed by atoms with Crippen LogP contribution in [0.3, 0.4) is 0 Å². The lowest BCUT2D eigenvalue weighted by Crippen LogP contribution is -1.92. The second-order valence-corrected chi connectivity index (χ2v) is 1.87. The fourth-order valence-electron chi connectivity index (χ4n) is 0.571. The van der Waals surface area contributed by atoms with Gasteiger partial charge >= 0.3 is 0 Å². The molecule has 0 aliphatic carbocycles. The molecule has 0 saturated carbocycles. The third-order valence-corrected chi connectivity index (χ3v) is 1.06. The van der Waals surface area contributed by atoms with Crippen molar-refractivity contribution in [2.24, 2.45) is 0 Å². The molecule has 2 heteroatoms. The topological polar surface area (TPSA) is 33.1 Å². The maximum absolute atomic E-state index is 8.94. The molecule has 1 atom stereocenters. The van der Waals surface area contributed by atoms with Crippen molar-refractivity contribution in [2.45, 2.75) is 13.0 Å². The summed E-state index contributed by atoms with van der Waals surface area (Å²) in [5, 5.41) is 8.94. The minimum atomic E-state index is -0.484. The van der Waals surface area contributed by atoms with E-state index in [-0.39, 0.29) is 0 Å². The van der Waals surface area contributed by atoms with Crippen LogP contribution in [0, 0.1) is 6.20 Å². The molecular formula is C7H8NO. The van der Waals surface area contributed by atoms with Gasteiger partial charge in [0.25, 0.3) is 0 Å². The van der Waals surface area contributed by atoms with Gasteiger partial charge in [-0.05, 0) is 19.1 Å². The summed E-state index contributed by atoms with van der Waals surface area (Å²) in [6.45, 7) is 1.68. The largest absolute Gasteiger partial charge is 0.387 e. The molecule has 0 aliphatic rings. The molecule has 0 spiro atoms. The van der Waals surface area contributed by atoms with Gasteiger partial charge in [0.1, 0.15) is 0 Å². The van der Waals surface area contributed by atoms with Gasteiger partial charge < -0.3 is 5.11 Å². The summed E-state index contributed by atoms with van der Waals surface area (Å²) >= 11 is 0. The van der Waals surface area contributed by atoms with Crippen LogP contribution in [-0.4, -0.2) is 10.1 Å². The molecule has 0 amide bonds. The first-order chi connectivity index (χ1) is 4.30. The van der Waals surface area contributed by atoms with Crippen molar-refractivity contribution >= 4 is 0 Å². The molecular weight excluding hydrogens is 114 g/mol. The molecule has 9 heavy (non-hydrogen) atoms. The molecule has 1 rings (SSSR count). The van der Waals surface area contributed by atoms with Gasteiger partial charge in [-0.15, -0.1) is 0 Å². The van der Waals surface area contributed by atoms with Gasteiger partial charge in [0.2, 0.25) is 0 Å². The molecule has 1 aromatic heterocycles. The zero-order chi connectivity index (χ0) is 6.69. The highest BCUT2D eigenvalue weighted by atomic mass is 16.3. The monoisotopic (exact) mass is 122 g/mol. The molecule has 0 bridgehead atoms.